The van der Waals surface area contributed by atoms with Crippen LogP contribution in [0.2, 0.25) is 0 Å². The highest BCUT2D eigenvalue weighted by Gasteiger charge is 2.12. The number of nitro benzene ring substituents is 1. The molecule has 0 aliphatic heterocycles. The molecule has 0 saturated carbocycles. The number of hydrogen-bond donors (Lipinski definition) is 3. The Hall–Kier alpha value is -2.55. The topological polar surface area (TPSA) is 113 Å². The largest absolute Gasteiger partial charge is 0.302 e. The Bertz CT molecular complexity index is 588. The molecule has 0 heterocycles. The third kappa shape index (κ3) is 5.15. The lowest BCUT2D eigenvalue weighted by molar-refractivity contribution is -0.384. The fourth-order valence-electron chi connectivity index (χ4n) is 1.23. The van der Waals surface area contributed by atoms with E-state index in [1.165, 1.54) is 18.2 Å². The predicted molar refractivity (Wildman–Crippen MR) is 79.3 cm³/mol. The van der Waals surface area contributed by atoms with Crippen LogP contribution in [0, 0.1) is 16.0 Å². The number of carbonyl (C=O) groups excluding carboxylic acids is 2. The normalized spacial score (nSPS) is 9.86. The fourth-order valence-corrected chi connectivity index (χ4v) is 1.39. The highest BCUT2D eigenvalue weighted by molar-refractivity contribution is 7.80. The van der Waals surface area contributed by atoms with E-state index in [0.29, 0.717) is 0 Å². The summed E-state index contributed by atoms with van der Waals surface area (Å²) in [7, 11) is 0. The summed E-state index contributed by atoms with van der Waals surface area (Å²) in [6, 6.07) is 5.22. The van der Waals surface area contributed by atoms with Gasteiger partial charge in [-0.05, 0) is 18.3 Å². The van der Waals surface area contributed by atoms with Gasteiger partial charge in [-0.1, -0.05) is 19.9 Å². The molecule has 1 rings (SSSR count). The van der Waals surface area contributed by atoms with Crippen LogP contribution in [0.25, 0.3) is 0 Å². The lowest BCUT2D eigenvalue weighted by Crippen LogP contribution is -2.49. The summed E-state index contributed by atoms with van der Waals surface area (Å²) in [4.78, 5) is 33.2. The van der Waals surface area contributed by atoms with Crippen LogP contribution in [0.1, 0.15) is 24.2 Å². The first-order chi connectivity index (χ1) is 9.81. The van der Waals surface area contributed by atoms with E-state index in [2.05, 4.69) is 16.2 Å². The minimum absolute atomic E-state index is 0.0625. The van der Waals surface area contributed by atoms with Gasteiger partial charge >= 0.3 is 0 Å². The van der Waals surface area contributed by atoms with Crippen molar-refractivity contribution < 1.29 is 14.5 Å². The lowest BCUT2D eigenvalue weighted by atomic mass is 10.2. The smallest absolute Gasteiger partial charge is 0.270 e. The summed E-state index contributed by atoms with van der Waals surface area (Å²) in [6.07, 6.45) is 0. The number of hydrogen-bond acceptors (Lipinski definition) is 5. The second kappa shape index (κ2) is 7.29. The second-order valence-electron chi connectivity index (χ2n) is 4.36. The molecule has 0 fully saturated rings. The number of benzene rings is 1. The third-order valence-corrected chi connectivity index (χ3v) is 2.57. The molecule has 9 heteroatoms. The van der Waals surface area contributed by atoms with Crippen molar-refractivity contribution in [1.82, 2.24) is 16.2 Å². The highest BCUT2D eigenvalue weighted by Crippen LogP contribution is 2.12. The monoisotopic (exact) mass is 310 g/mol. The Morgan fingerprint density at radius 2 is 1.95 bits per heavy atom. The van der Waals surface area contributed by atoms with Crippen molar-refractivity contribution >= 4 is 34.8 Å². The molecule has 3 N–H and O–H groups in total. The number of rotatable bonds is 3. The zero-order valence-electron chi connectivity index (χ0n) is 11.4. The van der Waals surface area contributed by atoms with Crippen molar-refractivity contribution in [2.75, 3.05) is 0 Å². The molecule has 0 aliphatic carbocycles. The van der Waals surface area contributed by atoms with Gasteiger partial charge in [0.15, 0.2) is 5.11 Å². The zero-order valence-corrected chi connectivity index (χ0v) is 12.2. The maximum absolute atomic E-state index is 11.8. The summed E-state index contributed by atoms with van der Waals surface area (Å²) in [5.41, 5.74) is 4.48. The molecule has 0 unspecified atom stereocenters. The first-order valence-corrected chi connectivity index (χ1v) is 6.37. The van der Waals surface area contributed by atoms with Crippen LogP contribution in [0.15, 0.2) is 24.3 Å². The number of carbonyl (C=O) groups is 2. The Balaban J connectivity index is 2.58. The van der Waals surface area contributed by atoms with Crippen LogP contribution in [-0.4, -0.2) is 21.9 Å². The first kappa shape index (κ1) is 16.5. The molecule has 0 aromatic heterocycles. The lowest BCUT2D eigenvalue weighted by Gasteiger charge is -2.11. The van der Waals surface area contributed by atoms with Crippen LogP contribution >= 0.6 is 12.2 Å². The quantitative estimate of drug-likeness (QED) is 0.434. The predicted octanol–water partition coefficient (Wildman–Crippen LogP) is 0.886. The standard InChI is InChI=1S/C12H14N4O4S/c1-7(2)10(17)13-12(21)15-14-11(18)8-4-3-5-9(6-8)16(19)20/h3-7H,1-2H3,(H,14,18)(H2,13,15,17,21). The third-order valence-electron chi connectivity index (χ3n) is 2.37. The van der Waals surface area contributed by atoms with Gasteiger partial charge in [0.25, 0.3) is 11.6 Å². The molecule has 0 radical (unpaired) electrons. The second-order valence-corrected chi connectivity index (χ2v) is 4.77. The SMILES string of the molecule is CC(C)C(=O)NC(=S)NNC(=O)c1cccc([N+](=O)[O-])c1. The molecular formula is C12H14N4O4S. The van der Waals surface area contributed by atoms with E-state index in [9.17, 15) is 19.7 Å². The summed E-state index contributed by atoms with van der Waals surface area (Å²) in [5, 5.41) is 12.9. The van der Waals surface area contributed by atoms with Crippen molar-refractivity contribution in [3.63, 3.8) is 0 Å². The Morgan fingerprint density at radius 1 is 1.29 bits per heavy atom. The highest BCUT2D eigenvalue weighted by atomic mass is 32.1. The summed E-state index contributed by atoms with van der Waals surface area (Å²) in [6.45, 7) is 3.39. The van der Waals surface area contributed by atoms with Crippen molar-refractivity contribution in [3.8, 4) is 0 Å². The van der Waals surface area contributed by atoms with Crippen LogP contribution in [0.4, 0.5) is 5.69 Å². The Labute approximate surface area is 126 Å². The number of nitrogens with one attached hydrogen (secondary N) is 3. The van der Waals surface area contributed by atoms with Gasteiger partial charge in [0, 0.05) is 23.6 Å². The number of amides is 2. The molecule has 1 aromatic rings. The molecule has 0 saturated heterocycles. The van der Waals surface area contributed by atoms with Gasteiger partial charge in [-0.15, -0.1) is 0 Å². The summed E-state index contributed by atoms with van der Waals surface area (Å²) < 4.78 is 0. The molecule has 21 heavy (non-hydrogen) atoms. The molecule has 0 aliphatic rings. The van der Waals surface area contributed by atoms with Crippen molar-refractivity contribution in [3.05, 3.63) is 39.9 Å². The molecule has 112 valence electrons. The molecule has 1 aromatic carbocycles. The van der Waals surface area contributed by atoms with E-state index in [1.54, 1.807) is 13.8 Å². The van der Waals surface area contributed by atoms with Crippen molar-refractivity contribution in [2.24, 2.45) is 5.92 Å². The van der Waals surface area contributed by atoms with Gasteiger partial charge in [0.2, 0.25) is 5.91 Å². The Morgan fingerprint density at radius 3 is 2.52 bits per heavy atom. The number of non-ortho nitro benzene ring substituents is 1. The maximum atomic E-state index is 11.8. The van der Waals surface area contributed by atoms with Gasteiger partial charge in [-0.25, -0.2) is 0 Å². The van der Waals surface area contributed by atoms with E-state index < -0.39 is 10.8 Å². The summed E-state index contributed by atoms with van der Waals surface area (Å²) in [5.74, 6) is -1.16. The van der Waals surface area contributed by atoms with Crippen molar-refractivity contribution in [1.29, 1.82) is 0 Å². The van der Waals surface area contributed by atoms with Crippen LogP contribution in [0.5, 0.6) is 0 Å². The van der Waals surface area contributed by atoms with Crippen LogP contribution in [-0.2, 0) is 4.79 Å². The van der Waals surface area contributed by atoms with Crippen LogP contribution in [0.3, 0.4) is 0 Å². The molecule has 8 nitrogen and oxygen atoms in total. The number of nitro groups is 1. The van der Waals surface area contributed by atoms with Gasteiger partial charge in [-0.3, -0.25) is 30.6 Å². The van der Waals surface area contributed by atoms with Gasteiger partial charge in [0.05, 0.1) is 4.92 Å². The number of thiocarbonyl (C=S) groups is 1. The van der Waals surface area contributed by atoms with E-state index >= 15 is 0 Å². The van der Waals surface area contributed by atoms with Gasteiger partial charge in [0.1, 0.15) is 0 Å². The molecule has 0 atom stereocenters. The van der Waals surface area contributed by atoms with Crippen LogP contribution < -0.4 is 16.2 Å². The average molecular weight is 310 g/mol. The van der Waals surface area contributed by atoms with Gasteiger partial charge < -0.3 is 5.32 Å². The maximum Gasteiger partial charge on any atom is 0.270 e. The summed E-state index contributed by atoms with van der Waals surface area (Å²) >= 11 is 4.82. The average Bonchev–Trinajstić information content (AvgIpc) is 2.44. The molecule has 0 bridgehead atoms. The molecular weight excluding hydrogens is 296 g/mol. The molecule has 0 spiro atoms. The number of nitrogens with zero attached hydrogens (tertiary/aromatic N) is 1. The van der Waals surface area contributed by atoms with E-state index in [0.717, 1.165) is 6.07 Å². The Kier molecular flexibility index (Phi) is 5.73. The van der Waals surface area contributed by atoms with E-state index in [-0.39, 0.29) is 28.2 Å². The zero-order chi connectivity index (χ0) is 16.0. The minimum Gasteiger partial charge on any atom is -0.302 e. The van der Waals surface area contributed by atoms with Crippen molar-refractivity contribution in [2.45, 2.75) is 13.8 Å². The molecule has 2 amide bonds. The first-order valence-electron chi connectivity index (χ1n) is 5.97. The fraction of sp³-hybridized carbons (Fsp3) is 0.250. The minimum atomic E-state index is -0.611. The van der Waals surface area contributed by atoms with E-state index in [1.807, 2.05) is 0 Å². The number of hydrazine groups is 1. The van der Waals surface area contributed by atoms with E-state index in [4.69, 9.17) is 12.2 Å². The van der Waals surface area contributed by atoms with Gasteiger partial charge in [-0.2, -0.15) is 0 Å².